The van der Waals surface area contributed by atoms with E-state index in [0.29, 0.717) is 10.8 Å². The van der Waals surface area contributed by atoms with Crippen LogP contribution in [0.3, 0.4) is 0 Å². The second-order valence-electron chi connectivity index (χ2n) is 3.92. The number of carbonyl (C=O) groups excluding carboxylic acids is 2. The standard InChI is InChI=1S/C13H12ClNO3/c1-9-8-10(2-3-11(9)14)18-7-6-15-12(16)4-5-13(15)17/h2-5,8H,6-7H2,1H3. The molecule has 1 aromatic rings. The van der Waals surface area contributed by atoms with E-state index in [9.17, 15) is 9.59 Å². The van der Waals surface area contributed by atoms with E-state index in [1.165, 1.54) is 12.2 Å². The van der Waals surface area contributed by atoms with Crippen LogP contribution in [0.2, 0.25) is 5.02 Å². The average Bonchev–Trinajstić information content (AvgIpc) is 2.65. The number of hydrogen-bond acceptors (Lipinski definition) is 3. The van der Waals surface area contributed by atoms with Crippen LogP contribution in [0.15, 0.2) is 30.4 Å². The highest BCUT2D eigenvalue weighted by atomic mass is 35.5. The van der Waals surface area contributed by atoms with Crippen LogP contribution < -0.4 is 4.74 Å². The Kier molecular flexibility index (Phi) is 3.67. The molecule has 0 unspecified atom stereocenters. The number of amides is 2. The SMILES string of the molecule is Cc1cc(OCCN2C(=O)C=CC2=O)ccc1Cl. The minimum Gasteiger partial charge on any atom is -0.492 e. The van der Waals surface area contributed by atoms with Crippen molar-refractivity contribution in [2.24, 2.45) is 0 Å². The fourth-order valence-electron chi connectivity index (χ4n) is 1.61. The van der Waals surface area contributed by atoms with Gasteiger partial charge in [0, 0.05) is 17.2 Å². The molecular weight excluding hydrogens is 254 g/mol. The van der Waals surface area contributed by atoms with Gasteiger partial charge in [-0.1, -0.05) is 11.6 Å². The number of ether oxygens (including phenoxy) is 1. The summed E-state index contributed by atoms with van der Waals surface area (Å²) < 4.78 is 5.47. The highest BCUT2D eigenvalue weighted by Gasteiger charge is 2.22. The zero-order valence-electron chi connectivity index (χ0n) is 9.85. The molecule has 0 radical (unpaired) electrons. The van der Waals surface area contributed by atoms with Crippen molar-refractivity contribution in [3.63, 3.8) is 0 Å². The average molecular weight is 266 g/mol. The molecule has 1 aliphatic rings. The Labute approximate surface area is 110 Å². The fraction of sp³-hybridized carbons (Fsp3) is 0.231. The Hall–Kier alpha value is -1.81. The first-order valence-electron chi connectivity index (χ1n) is 5.50. The molecule has 5 heteroatoms. The van der Waals surface area contributed by atoms with E-state index in [-0.39, 0.29) is 25.0 Å². The monoisotopic (exact) mass is 265 g/mol. The Bertz CT molecular complexity index is 507. The lowest BCUT2D eigenvalue weighted by Gasteiger charge is -2.14. The quantitative estimate of drug-likeness (QED) is 0.782. The molecule has 2 rings (SSSR count). The van der Waals surface area contributed by atoms with Gasteiger partial charge in [-0.05, 0) is 30.7 Å². The first-order chi connectivity index (χ1) is 8.58. The molecule has 18 heavy (non-hydrogen) atoms. The van der Waals surface area contributed by atoms with Gasteiger partial charge in [0.2, 0.25) is 0 Å². The zero-order valence-corrected chi connectivity index (χ0v) is 10.6. The Morgan fingerprint density at radius 2 is 1.89 bits per heavy atom. The van der Waals surface area contributed by atoms with Gasteiger partial charge in [0.25, 0.3) is 11.8 Å². The predicted octanol–water partition coefficient (Wildman–Crippen LogP) is 1.95. The van der Waals surface area contributed by atoms with Crippen LogP contribution >= 0.6 is 11.6 Å². The Morgan fingerprint density at radius 1 is 1.22 bits per heavy atom. The van der Waals surface area contributed by atoms with Gasteiger partial charge < -0.3 is 4.74 Å². The number of aryl methyl sites for hydroxylation is 1. The number of halogens is 1. The lowest BCUT2D eigenvalue weighted by atomic mass is 10.2. The molecular formula is C13H12ClNO3. The summed E-state index contributed by atoms with van der Waals surface area (Å²) >= 11 is 5.90. The van der Waals surface area contributed by atoms with Crippen molar-refractivity contribution in [2.75, 3.05) is 13.2 Å². The molecule has 1 aliphatic heterocycles. The van der Waals surface area contributed by atoms with Crippen molar-refractivity contribution in [1.29, 1.82) is 0 Å². The Balaban J connectivity index is 1.87. The summed E-state index contributed by atoms with van der Waals surface area (Å²) in [5.74, 6) is 0.0794. The minimum absolute atomic E-state index is 0.242. The van der Waals surface area contributed by atoms with E-state index in [4.69, 9.17) is 16.3 Å². The number of nitrogens with zero attached hydrogens (tertiary/aromatic N) is 1. The van der Waals surface area contributed by atoms with Gasteiger partial charge in [-0.3, -0.25) is 14.5 Å². The summed E-state index contributed by atoms with van der Waals surface area (Å²) in [6.07, 6.45) is 2.52. The maximum atomic E-state index is 11.3. The molecule has 0 saturated carbocycles. The van der Waals surface area contributed by atoms with Gasteiger partial charge >= 0.3 is 0 Å². The van der Waals surface area contributed by atoms with Gasteiger partial charge in [-0.15, -0.1) is 0 Å². The third kappa shape index (κ3) is 2.71. The van der Waals surface area contributed by atoms with Crippen LogP contribution in [0, 0.1) is 6.92 Å². The number of rotatable bonds is 4. The maximum Gasteiger partial charge on any atom is 0.253 e. The predicted molar refractivity (Wildman–Crippen MR) is 67.5 cm³/mol. The second kappa shape index (κ2) is 5.23. The highest BCUT2D eigenvalue weighted by molar-refractivity contribution is 6.31. The van der Waals surface area contributed by atoms with Crippen LogP contribution in [-0.4, -0.2) is 29.9 Å². The molecule has 1 aromatic carbocycles. The number of hydrogen-bond donors (Lipinski definition) is 0. The highest BCUT2D eigenvalue weighted by Crippen LogP contribution is 2.21. The molecule has 4 nitrogen and oxygen atoms in total. The van der Waals surface area contributed by atoms with Crippen LogP contribution in [0.1, 0.15) is 5.56 Å². The van der Waals surface area contributed by atoms with E-state index in [1.54, 1.807) is 12.1 Å². The van der Waals surface area contributed by atoms with E-state index in [2.05, 4.69) is 0 Å². The van der Waals surface area contributed by atoms with Gasteiger partial charge in [0.05, 0.1) is 6.54 Å². The van der Waals surface area contributed by atoms with Crippen molar-refractivity contribution in [1.82, 2.24) is 4.90 Å². The molecule has 0 N–H and O–H groups in total. The molecule has 0 aliphatic carbocycles. The first kappa shape index (κ1) is 12.6. The minimum atomic E-state index is -0.295. The van der Waals surface area contributed by atoms with E-state index >= 15 is 0 Å². The number of imide groups is 1. The summed E-state index contributed by atoms with van der Waals surface area (Å²) in [5.41, 5.74) is 0.921. The lowest BCUT2D eigenvalue weighted by molar-refractivity contribution is -0.137. The van der Waals surface area contributed by atoms with Crippen molar-refractivity contribution in [3.8, 4) is 5.75 Å². The van der Waals surface area contributed by atoms with Crippen LogP contribution in [0.5, 0.6) is 5.75 Å². The number of carbonyl (C=O) groups is 2. The van der Waals surface area contributed by atoms with E-state index in [0.717, 1.165) is 10.5 Å². The molecule has 94 valence electrons. The Morgan fingerprint density at radius 3 is 2.50 bits per heavy atom. The largest absolute Gasteiger partial charge is 0.492 e. The van der Waals surface area contributed by atoms with Gasteiger partial charge in [0.1, 0.15) is 12.4 Å². The van der Waals surface area contributed by atoms with Crippen LogP contribution in [0.4, 0.5) is 0 Å². The third-order valence-electron chi connectivity index (χ3n) is 2.61. The third-order valence-corrected chi connectivity index (χ3v) is 3.04. The van der Waals surface area contributed by atoms with E-state index < -0.39 is 0 Å². The van der Waals surface area contributed by atoms with Crippen LogP contribution in [-0.2, 0) is 9.59 Å². The smallest absolute Gasteiger partial charge is 0.253 e. The zero-order chi connectivity index (χ0) is 13.1. The summed E-state index contributed by atoms with van der Waals surface area (Å²) in [6.45, 7) is 2.39. The second-order valence-corrected chi connectivity index (χ2v) is 4.33. The van der Waals surface area contributed by atoms with E-state index in [1.807, 2.05) is 13.0 Å². The van der Waals surface area contributed by atoms with Crippen molar-refractivity contribution in [2.45, 2.75) is 6.92 Å². The number of benzene rings is 1. The van der Waals surface area contributed by atoms with Crippen molar-refractivity contribution >= 4 is 23.4 Å². The summed E-state index contributed by atoms with van der Waals surface area (Å²) in [6, 6.07) is 5.31. The molecule has 1 heterocycles. The normalized spacial score (nSPS) is 14.4. The molecule has 0 saturated heterocycles. The van der Waals surface area contributed by atoms with Gasteiger partial charge in [-0.25, -0.2) is 0 Å². The van der Waals surface area contributed by atoms with Gasteiger partial charge in [0.15, 0.2) is 0 Å². The first-order valence-corrected chi connectivity index (χ1v) is 5.88. The molecule has 0 fully saturated rings. The summed E-state index contributed by atoms with van der Waals surface area (Å²) in [4.78, 5) is 23.7. The molecule has 0 spiro atoms. The van der Waals surface area contributed by atoms with Crippen LogP contribution in [0.25, 0.3) is 0 Å². The molecule has 2 amide bonds. The topological polar surface area (TPSA) is 46.6 Å². The summed E-state index contributed by atoms with van der Waals surface area (Å²) in [7, 11) is 0. The molecule has 0 aromatic heterocycles. The fourth-order valence-corrected chi connectivity index (χ4v) is 1.73. The summed E-state index contributed by atoms with van der Waals surface area (Å²) in [5, 5.41) is 0.677. The van der Waals surface area contributed by atoms with Crippen molar-refractivity contribution < 1.29 is 14.3 Å². The maximum absolute atomic E-state index is 11.3. The van der Waals surface area contributed by atoms with Crippen molar-refractivity contribution in [3.05, 3.63) is 40.9 Å². The molecule has 0 bridgehead atoms. The lowest BCUT2D eigenvalue weighted by Crippen LogP contribution is -2.33. The van der Waals surface area contributed by atoms with Gasteiger partial charge in [-0.2, -0.15) is 0 Å². The molecule has 0 atom stereocenters.